The molecule has 8 nitrogen and oxygen atoms in total. The number of carboxylic acid groups (broad SMARTS) is 1. The molecule has 3 fully saturated rings. The molecule has 1 heterocycles. The number of nitrogens with zero attached hydrogens (tertiary/aromatic N) is 1. The minimum absolute atomic E-state index is 0.0111. The van der Waals surface area contributed by atoms with Crippen LogP contribution < -0.4 is 10.6 Å². The van der Waals surface area contributed by atoms with E-state index in [1.807, 2.05) is 0 Å². The Labute approximate surface area is 195 Å². The Kier molecular flexibility index (Phi) is 7.31. The summed E-state index contributed by atoms with van der Waals surface area (Å²) < 4.78 is 53.2. The van der Waals surface area contributed by atoms with Crippen molar-refractivity contribution < 1.29 is 31.9 Å². The number of hydrogen-bond donors (Lipinski definition) is 3. The summed E-state index contributed by atoms with van der Waals surface area (Å²) in [5.74, 6) is -3.42. The lowest BCUT2D eigenvalue weighted by Gasteiger charge is -2.16. The fourth-order valence-corrected chi connectivity index (χ4v) is 6.49. The number of carbonyl (C=O) groups excluding carboxylic acids is 1. The molecular weight excluding hydrogens is 480 g/mol. The van der Waals surface area contributed by atoms with E-state index < -0.39 is 32.6 Å². The predicted molar refractivity (Wildman–Crippen MR) is 115 cm³/mol. The van der Waals surface area contributed by atoms with Gasteiger partial charge in [-0.2, -0.15) is 5.26 Å². The number of rotatable bonds is 5. The molecule has 1 aromatic rings. The minimum atomic E-state index is -3.82. The van der Waals surface area contributed by atoms with Crippen LogP contribution in [0, 0.1) is 11.3 Å². The van der Waals surface area contributed by atoms with Gasteiger partial charge in [-0.05, 0) is 49.3 Å². The lowest BCUT2D eigenvalue weighted by atomic mass is 9.98. The van der Waals surface area contributed by atoms with E-state index in [4.69, 9.17) is 26.8 Å². The van der Waals surface area contributed by atoms with Crippen LogP contribution >= 0.6 is 11.6 Å². The van der Waals surface area contributed by atoms with Crippen molar-refractivity contribution in [2.75, 3.05) is 6.54 Å². The number of amides is 1. The van der Waals surface area contributed by atoms with E-state index in [1.165, 1.54) is 12.1 Å². The Morgan fingerprint density at radius 3 is 2.52 bits per heavy atom. The number of halogens is 3. The molecule has 12 heteroatoms. The van der Waals surface area contributed by atoms with Crippen molar-refractivity contribution in [2.24, 2.45) is 0 Å². The summed E-state index contributed by atoms with van der Waals surface area (Å²) >= 11 is 6.25. The fourth-order valence-electron chi connectivity index (χ4n) is 4.27. The Morgan fingerprint density at radius 2 is 2.00 bits per heavy atom. The van der Waals surface area contributed by atoms with Crippen LogP contribution in [0.15, 0.2) is 23.1 Å². The Balaban J connectivity index is 0.000000968. The average molecular weight is 504 g/mol. The van der Waals surface area contributed by atoms with Gasteiger partial charge in [-0.1, -0.05) is 17.7 Å². The molecular formula is C21H24ClF2N3O5S. The molecule has 1 aliphatic heterocycles. The zero-order valence-corrected chi connectivity index (χ0v) is 19.1. The van der Waals surface area contributed by atoms with Crippen LogP contribution in [0.1, 0.15) is 50.0 Å². The number of hydrogen-bond acceptors (Lipinski definition) is 6. The van der Waals surface area contributed by atoms with Gasteiger partial charge in [-0.15, -0.1) is 0 Å². The van der Waals surface area contributed by atoms with Gasteiger partial charge in [0.2, 0.25) is 11.8 Å². The molecule has 180 valence electrons. The van der Waals surface area contributed by atoms with E-state index in [1.54, 1.807) is 6.07 Å². The number of benzene rings is 1. The first kappa shape index (κ1) is 25.3. The molecule has 0 spiro atoms. The van der Waals surface area contributed by atoms with E-state index >= 15 is 0 Å². The maximum absolute atomic E-state index is 13.5. The highest BCUT2D eigenvalue weighted by Gasteiger charge is 2.47. The minimum Gasteiger partial charge on any atom is -0.483 e. The quantitative estimate of drug-likeness (QED) is 0.525. The van der Waals surface area contributed by atoms with Crippen LogP contribution in [-0.4, -0.2) is 55.2 Å². The molecule has 0 bridgehead atoms. The predicted octanol–water partition coefficient (Wildman–Crippen LogP) is 2.62. The molecule has 3 N–H and O–H groups in total. The first-order valence-electron chi connectivity index (χ1n) is 10.4. The Morgan fingerprint density at radius 1 is 1.33 bits per heavy atom. The summed E-state index contributed by atoms with van der Waals surface area (Å²) in [6, 6.07) is 5.78. The van der Waals surface area contributed by atoms with Crippen LogP contribution in [0.5, 0.6) is 0 Å². The molecule has 0 aromatic heterocycles. The maximum Gasteiger partial charge on any atom is 0.290 e. The largest absolute Gasteiger partial charge is 0.483 e. The molecule has 0 radical (unpaired) electrons. The second-order valence-electron chi connectivity index (χ2n) is 8.64. The van der Waals surface area contributed by atoms with Crippen molar-refractivity contribution in [2.45, 2.75) is 72.1 Å². The van der Waals surface area contributed by atoms with Crippen molar-refractivity contribution in [3.05, 3.63) is 28.8 Å². The highest BCUT2D eigenvalue weighted by molar-refractivity contribution is 7.92. The van der Waals surface area contributed by atoms with Gasteiger partial charge in [0.05, 0.1) is 27.3 Å². The number of sulfone groups is 1. The van der Waals surface area contributed by atoms with E-state index in [-0.39, 0.29) is 54.0 Å². The van der Waals surface area contributed by atoms with Gasteiger partial charge in [0.25, 0.3) is 6.47 Å². The summed E-state index contributed by atoms with van der Waals surface area (Å²) in [4.78, 5) is 20.7. The summed E-state index contributed by atoms with van der Waals surface area (Å²) in [7, 11) is -3.82. The summed E-state index contributed by atoms with van der Waals surface area (Å²) in [6.45, 7) is -0.160. The van der Waals surface area contributed by atoms with Crippen molar-refractivity contribution in [3.8, 4) is 6.07 Å². The highest BCUT2D eigenvalue weighted by atomic mass is 35.5. The fraction of sp³-hybridized carbons (Fsp3) is 0.571. The molecule has 4 rings (SSSR count). The van der Waals surface area contributed by atoms with Crippen molar-refractivity contribution >= 4 is 33.8 Å². The van der Waals surface area contributed by atoms with Gasteiger partial charge in [-0.25, -0.2) is 17.2 Å². The van der Waals surface area contributed by atoms with Gasteiger partial charge >= 0.3 is 0 Å². The molecule has 33 heavy (non-hydrogen) atoms. The third-order valence-corrected chi connectivity index (χ3v) is 8.94. The lowest BCUT2D eigenvalue weighted by molar-refractivity contribution is -0.124. The van der Waals surface area contributed by atoms with Crippen molar-refractivity contribution in [1.29, 1.82) is 5.26 Å². The smallest absolute Gasteiger partial charge is 0.290 e. The van der Waals surface area contributed by atoms with Crippen LogP contribution in [0.4, 0.5) is 8.78 Å². The highest BCUT2D eigenvalue weighted by Crippen LogP contribution is 2.45. The van der Waals surface area contributed by atoms with Gasteiger partial charge in [0, 0.05) is 19.4 Å². The van der Waals surface area contributed by atoms with Gasteiger partial charge < -0.3 is 15.7 Å². The second kappa shape index (κ2) is 9.52. The topological polar surface area (TPSA) is 136 Å². The SMILES string of the molecule is N#CC1(NC(=O)[C@@H]2C[C@@H](S(=O)(=O)c3ccc(C4CCC(F)(F)C4)cc3Cl)CN2)CC1.O=CO. The lowest BCUT2D eigenvalue weighted by Crippen LogP contribution is -2.45. The zero-order valence-electron chi connectivity index (χ0n) is 17.6. The Hall–Kier alpha value is -2.29. The van der Waals surface area contributed by atoms with Crippen LogP contribution in [0.25, 0.3) is 0 Å². The number of carbonyl (C=O) groups is 2. The molecule has 3 atom stereocenters. The zero-order chi connectivity index (χ0) is 24.4. The second-order valence-corrected chi connectivity index (χ2v) is 11.2. The van der Waals surface area contributed by atoms with Crippen LogP contribution in [0.3, 0.4) is 0 Å². The molecule has 1 amide bonds. The first-order chi connectivity index (χ1) is 15.5. The summed E-state index contributed by atoms with van der Waals surface area (Å²) in [5, 5.41) is 20.8. The number of nitriles is 1. The van der Waals surface area contributed by atoms with E-state index in [2.05, 4.69) is 16.7 Å². The monoisotopic (exact) mass is 503 g/mol. The molecule has 1 saturated heterocycles. The third kappa shape index (κ3) is 5.62. The van der Waals surface area contributed by atoms with Crippen molar-refractivity contribution in [1.82, 2.24) is 10.6 Å². The molecule has 1 aromatic carbocycles. The van der Waals surface area contributed by atoms with Crippen LogP contribution in [-0.2, 0) is 19.4 Å². The molecule has 2 aliphatic carbocycles. The molecule has 3 aliphatic rings. The average Bonchev–Trinajstić information content (AvgIpc) is 3.16. The van der Waals surface area contributed by atoms with Gasteiger partial charge in [0.1, 0.15) is 5.54 Å². The Bertz CT molecular complexity index is 1070. The first-order valence-corrected chi connectivity index (χ1v) is 12.3. The van der Waals surface area contributed by atoms with Gasteiger partial charge in [-0.3, -0.25) is 9.59 Å². The molecule has 1 unspecified atom stereocenters. The van der Waals surface area contributed by atoms with E-state index in [9.17, 15) is 22.0 Å². The third-order valence-electron chi connectivity index (χ3n) is 6.31. The van der Waals surface area contributed by atoms with E-state index in [0.29, 0.717) is 24.8 Å². The standard InChI is InChI=1S/C20H22ClF2N3O3S.CH2O2/c21-15-7-12(13-3-4-20(22,23)9-13)1-2-17(15)30(28,29)14-8-16(25-10-14)18(27)26-19(11-24)5-6-19;2-1-3/h1-2,7,13-14,16,25H,3-6,8-10H2,(H,26,27);1H,(H,2,3)/t13?,14-,16+;/m1./s1. The summed E-state index contributed by atoms with van der Waals surface area (Å²) in [6.07, 6.45) is 1.16. The summed E-state index contributed by atoms with van der Waals surface area (Å²) in [5.41, 5.74) is -0.199. The van der Waals surface area contributed by atoms with Crippen LogP contribution in [0.2, 0.25) is 5.02 Å². The normalized spacial score (nSPS) is 27.0. The molecule has 2 saturated carbocycles. The number of alkyl halides is 2. The maximum atomic E-state index is 13.5. The van der Waals surface area contributed by atoms with Crippen molar-refractivity contribution in [3.63, 3.8) is 0 Å². The number of nitrogens with one attached hydrogen (secondary N) is 2. The van der Waals surface area contributed by atoms with Gasteiger partial charge in [0.15, 0.2) is 9.84 Å². The van der Waals surface area contributed by atoms with E-state index in [0.717, 1.165) is 0 Å².